The summed E-state index contributed by atoms with van der Waals surface area (Å²) in [7, 11) is 0. The summed E-state index contributed by atoms with van der Waals surface area (Å²) in [6.07, 6.45) is 3.11. The molecule has 2 amide bonds. The molecule has 3 aromatic rings. The van der Waals surface area contributed by atoms with Crippen LogP contribution in [0, 0.1) is 10.1 Å². The second-order valence-electron chi connectivity index (χ2n) is 5.70. The number of amides is 2. The number of nitrogens with one attached hydrogen (secondary N) is 2. The highest BCUT2D eigenvalue weighted by Gasteiger charge is 2.12. The van der Waals surface area contributed by atoms with Gasteiger partial charge in [-0.3, -0.25) is 19.7 Å². The minimum absolute atomic E-state index is 0.0941. The van der Waals surface area contributed by atoms with Crippen LogP contribution in [0.25, 0.3) is 0 Å². The molecule has 10 nitrogen and oxygen atoms in total. The van der Waals surface area contributed by atoms with Crippen LogP contribution in [0.15, 0.2) is 67.0 Å². The number of nitro groups is 1. The summed E-state index contributed by atoms with van der Waals surface area (Å²) < 4.78 is 5.45. The molecule has 29 heavy (non-hydrogen) atoms. The quantitative estimate of drug-likeness (QED) is 0.465. The molecule has 2 aromatic carbocycles. The van der Waals surface area contributed by atoms with Crippen LogP contribution in [0.5, 0.6) is 11.8 Å². The van der Waals surface area contributed by atoms with E-state index >= 15 is 0 Å². The largest absolute Gasteiger partial charge is 0.424 e. The first-order valence-corrected chi connectivity index (χ1v) is 8.39. The van der Waals surface area contributed by atoms with Crippen LogP contribution < -0.4 is 15.4 Å². The Morgan fingerprint density at radius 2 is 1.76 bits per heavy atom. The van der Waals surface area contributed by atoms with Gasteiger partial charge in [0, 0.05) is 35.8 Å². The van der Waals surface area contributed by atoms with Crippen molar-refractivity contribution in [1.29, 1.82) is 0 Å². The number of carbonyl (C=O) groups excluding carboxylic acids is 2. The van der Waals surface area contributed by atoms with E-state index in [0.717, 1.165) is 6.07 Å². The summed E-state index contributed by atoms with van der Waals surface area (Å²) >= 11 is 0. The van der Waals surface area contributed by atoms with Crippen LogP contribution >= 0.6 is 0 Å². The van der Waals surface area contributed by atoms with Gasteiger partial charge in [-0.25, -0.2) is 9.97 Å². The Kier molecular flexibility index (Phi) is 6.05. The standard InChI is InChI=1S/C19H15N5O5/c25-17(12-22-18(26)13-3-1-4-15(11-13)24(27)28)23-14-5-7-16(8-6-14)29-19-20-9-2-10-21-19/h1-11H,12H2,(H,22,26)(H,23,25). The maximum atomic E-state index is 12.1. The second-order valence-corrected chi connectivity index (χ2v) is 5.70. The predicted octanol–water partition coefficient (Wildman–Crippen LogP) is 2.55. The van der Waals surface area contributed by atoms with Gasteiger partial charge in [0.15, 0.2) is 0 Å². The average molecular weight is 393 g/mol. The van der Waals surface area contributed by atoms with Crippen molar-refractivity contribution in [3.63, 3.8) is 0 Å². The molecule has 0 aliphatic carbocycles. The van der Waals surface area contributed by atoms with Gasteiger partial charge in [0.1, 0.15) is 5.75 Å². The third-order valence-corrected chi connectivity index (χ3v) is 3.62. The number of non-ortho nitro benzene ring substituents is 1. The van der Waals surface area contributed by atoms with Crippen LogP contribution in [0.1, 0.15) is 10.4 Å². The van der Waals surface area contributed by atoms with Crippen molar-refractivity contribution in [3.05, 3.63) is 82.7 Å². The number of carbonyl (C=O) groups is 2. The van der Waals surface area contributed by atoms with Crippen molar-refractivity contribution in [1.82, 2.24) is 15.3 Å². The van der Waals surface area contributed by atoms with Gasteiger partial charge >= 0.3 is 6.01 Å². The molecule has 0 radical (unpaired) electrons. The molecule has 1 heterocycles. The molecule has 0 bridgehead atoms. The molecule has 0 aliphatic rings. The van der Waals surface area contributed by atoms with Crippen molar-refractivity contribution in [2.45, 2.75) is 0 Å². The third-order valence-electron chi connectivity index (χ3n) is 3.62. The van der Waals surface area contributed by atoms with E-state index in [4.69, 9.17) is 4.74 Å². The van der Waals surface area contributed by atoms with Gasteiger partial charge in [0.25, 0.3) is 11.6 Å². The number of rotatable bonds is 7. The molecule has 0 aliphatic heterocycles. The Balaban J connectivity index is 1.51. The lowest BCUT2D eigenvalue weighted by atomic mass is 10.2. The Hall–Kier alpha value is -4.34. The fourth-order valence-corrected chi connectivity index (χ4v) is 2.28. The average Bonchev–Trinajstić information content (AvgIpc) is 2.74. The lowest BCUT2D eigenvalue weighted by Crippen LogP contribution is -2.32. The normalized spacial score (nSPS) is 10.1. The smallest absolute Gasteiger partial charge is 0.321 e. The van der Waals surface area contributed by atoms with Gasteiger partial charge in [0.05, 0.1) is 11.5 Å². The topological polar surface area (TPSA) is 136 Å². The number of hydrogen-bond acceptors (Lipinski definition) is 7. The second kappa shape index (κ2) is 9.04. The molecule has 3 rings (SSSR count). The van der Waals surface area contributed by atoms with E-state index in [1.54, 1.807) is 42.7 Å². The first-order chi connectivity index (χ1) is 14.0. The van der Waals surface area contributed by atoms with Crippen LogP contribution in [0.4, 0.5) is 11.4 Å². The molecule has 146 valence electrons. The van der Waals surface area contributed by atoms with Gasteiger partial charge in [-0.15, -0.1) is 0 Å². The van der Waals surface area contributed by atoms with Gasteiger partial charge in [0.2, 0.25) is 5.91 Å². The SMILES string of the molecule is O=C(CNC(=O)c1cccc([N+](=O)[O-])c1)Nc1ccc(Oc2ncccn2)cc1. The molecule has 0 saturated heterocycles. The molecule has 0 atom stereocenters. The molecule has 10 heteroatoms. The maximum Gasteiger partial charge on any atom is 0.321 e. The Labute approximate surface area is 164 Å². The summed E-state index contributed by atoms with van der Waals surface area (Å²) in [5.74, 6) is -0.549. The molecule has 1 aromatic heterocycles. The number of benzene rings is 2. The maximum absolute atomic E-state index is 12.1. The Bertz CT molecular complexity index is 1020. The minimum atomic E-state index is -0.596. The van der Waals surface area contributed by atoms with Crippen LogP contribution in [0.3, 0.4) is 0 Å². The van der Waals surface area contributed by atoms with Gasteiger partial charge in [-0.05, 0) is 36.4 Å². The number of ether oxygens (including phenoxy) is 1. The summed E-state index contributed by atoms with van der Waals surface area (Å²) in [6.45, 7) is -0.294. The fourth-order valence-electron chi connectivity index (χ4n) is 2.28. The molecule has 0 saturated carbocycles. The van der Waals surface area contributed by atoms with E-state index in [1.165, 1.54) is 18.2 Å². The molecule has 0 unspecified atom stereocenters. The minimum Gasteiger partial charge on any atom is -0.424 e. The highest BCUT2D eigenvalue weighted by atomic mass is 16.6. The zero-order valence-electron chi connectivity index (χ0n) is 14.9. The summed E-state index contributed by atoms with van der Waals surface area (Å²) in [6, 6.07) is 13.6. The summed E-state index contributed by atoms with van der Waals surface area (Å²) in [5, 5.41) is 15.8. The predicted molar refractivity (Wildman–Crippen MR) is 103 cm³/mol. The van der Waals surface area contributed by atoms with Crippen molar-refractivity contribution in [2.75, 3.05) is 11.9 Å². The zero-order valence-corrected chi connectivity index (χ0v) is 14.9. The number of anilines is 1. The monoisotopic (exact) mass is 393 g/mol. The number of nitrogens with zero attached hydrogens (tertiary/aromatic N) is 3. The number of hydrogen-bond donors (Lipinski definition) is 2. The van der Waals surface area contributed by atoms with Crippen molar-refractivity contribution >= 4 is 23.2 Å². The van der Waals surface area contributed by atoms with E-state index < -0.39 is 16.7 Å². The number of nitro benzene ring substituents is 1. The number of aromatic nitrogens is 2. The van der Waals surface area contributed by atoms with Gasteiger partial charge < -0.3 is 15.4 Å². The van der Waals surface area contributed by atoms with Crippen LogP contribution in [-0.4, -0.2) is 33.3 Å². The zero-order chi connectivity index (χ0) is 20.6. The molecule has 2 N–H and O–H groups in total. The lowest BCUT2D eigenvalue weighted by molar-refractivity contribution is -0.384. The van der Waals surface area contributed by atoms with Crippen molar-refractivity contribution in [3.8, 4) is 11.8 Å². The van der Waals surface area contributed by atoms with Gasteiger partial charge in [-0.2, -0.15) is 0 Å². The van der Waals surface area contributed by atoms with Crippen LogP contribution in [0.2, 0.25) is 0 Å². The molecule has 0 spiro atoms. The highest BCUT2D eigenvalue weighted by Crippen LogP contribution is 2.19. The molecule has 0 fully saturated rings. The highest BCUT2D eigenvalue weighted by molar-refractivity contribution is 5.99. The van der Waals surface area contributed by atoms with E-state index in [2.05, 4.69) is 20.6 Å². The van der Waals surface area contributed by atoms with E-state index in [0.29, 0.717) is 11.4 Å². The molecular weight excluding hydrogens is 378 g/mol. The Morgan fingerprint density at radius 1 is 1.03 bits per heavy atom. The Morgan fingerprint density at radius 3 is 2.45 bits per heavy atom. The molecular formula is C19H15N5O5. The van der Waals surface area contributed by atoms with Crippen LogP contribution in [-0.2, 0) is 4.79 Å². The van der Waals surface area contributed by atoms with E-state index in [9.17, 15) is 19.7 Å². The van der Waals surface area contributed by atoms with E-state index in [-0.39, 0.29) is 23.8 Å². The summed E-state index contributed by atoms with van der Waals surface area (Å²) in [5.41, 5.74) is 0.392. The fraction of sp³-hybridized carbons (Fsp3) is 0.0526. The lowest BCUT2D eigenvalue weighted by Gasteiger charge is -2.08. The van der Waals surface area contributed by atoms with E-state index in [1.807, 2.05) is 0 Å². The third kappa shape index (κ3) is 5.57. The first-order valence-electron chi connectivity index (χ1n) is 8.39. The van der Waals surface area contributed by atoms with Crippen molar-refractivity contribution in [2.24, 2.45) is 0 Å². The van der Waals surface area contributed by atoms with Crippen molar-refractivity contribution < 1.29 is 19.2 Å². The summed E-state index contributed by atoms with van der Waals surface area (Å²) in [4.78, 5) is 42.1. The first kappa shape index (κ1) is 19.4. The van der Waals surface area contributed by atoms with Gasteiger partial charge in [-0.1, -0.05) is 6.07 Å².